The third kappa shape index (κ3) is 7.07. The van der Waals surface area contributed by atoms with E-state index in [9.17, 15) is 14.4 Å². The lowest BCUT2D eigenvalue weighted by Gasteiger charge is -2.21. The number of benzene rings is 4. The smallest absolute Gasteiger partial charge is 0.258 e. The monoisotopic (exact) mass is 506 g/mol. The highest BCUT2D eigenvalue weighted by molar-refractivity contribution is 6.06. The molecule has 0 saturated carbocycles. The second-order valence-electron chi connectivity index (χ2n) is 8.61. The quantitative estimate of drug-likeness (QED) is 0.271. The molecule has 7 nitrogen and oxygen atoms in total. The Bertz CT molecular complexity index is 1370. The van der Waals surface area contributed by atoms with E-state index in [1.807, 2.05) is 67.6 Å². The largest absolute Gasteiger partial charge is 0.376 e. The standard InChI is InChI=1S/C31H30N4O3/c1-2-35(28-14-7-4-8-15-28)31(38)24-16-18-26(19-17-24)32-22-29(36)34-27-13-9-12-25(20-27)30(37)33-21-23-10-5-3-6-11-23/h3-20,32H,2,21-22H2,1H3,(H,33,37)(H,34,36). The number of hydrogen-bond acceptors (Lipinski definition) is 4. The summed E-state index contributed by atoms with van der Waals surface area (Å²) < 4.78 is 0. The molecule has 0 spiro atoms. The first-order chi connectivity index (χ1) is 18.5. The summed E-state index contributed by atoms with van der Waals surface area (Å²) in [6.45, 7) is 2.95. The van der Waals surface area contributed by atoms with Gasteiger partial charge in [0.05, 0.1) is 6.54 Å². The number of carbonyl (C=O) groups excluding carboxylic acids is 3. The zero-order valence-corrected chi connectivity index (χ0v) is 21.2. The number of amides is 3. The molecule has 38 heavy (non-hydrogen) atoms. The minimum atomic E-state index is -0.256. The highest BCUT2D eigenvalue weighted by atomic mass is 16.2. The molecule has 0 atom stereocenters. The molecule has 0 bridgehead atoms. The average molecular weight is 507 g/mol. The second-order valence-corrected chi connectivity index (χ2v) is 8.61. The van der Waals surface area contributed by atoms with Crippen LogP contribution in [0.25, 0.3) is 0 Å². The topological polar surface area (TPSA) is 90.5 Å². The van der Waals surface area contributed by atoms with Crippen molar-refractivity contribution in [3.63, 3.8) is 0 Å². The molecule has 4 aromatic carbocycles. The number of rotatable bonds is 10. The lowest BCUT2D eigenvalue weighted by molar-refractivity contribution is -0.114. The van der Waals surface area contributed by atoms with Gasteiger partial charge in [0, 0.05) is 41.3 Å². The molecule has 4 aromatic rings. The van der Waals surface area contributed by atoms with Gasteiger partial charge in [-0.05, 0) is 67.1 Å². The Balaban J connectivity index is 1.28. The normalized spacial score (nSPS) is 10.3. The summed E-state index contributed by atoms with van der Waals surface area (Å²) in [6.07, 6.45) is 0. The van der Waals surface area contributed by atoms with Crippen molar-refractivity contribution in [2.75, 3.05) is 28.6 Å². The zero-order chi connectivity index (χ0) is 26.7. The predicted octanol–water partition coefficient (Wildman–Crippen LogP) is 5.33. The van der Waals surface area contributed by atoms with Crippen molar-refractivity contribution in [2.45, 2.75) is 13.5 Å². The van der Waals surface area contributed by atoms with Crippen LogP contribution >= 0.6 is 0 Å². The molecule has 0 fully saturated rings. The van der Waals surface area contributed by atoms with Crippen molar-refractivity contribution in [1.82, 2.24) is 5.32 Å². The van der Waals surface area contributed by atoms with Crippen LogP contribution in [0.5, 0.6) is 0 Å². The molecule has 0 heterocycles. The molecule has 0 unspecified atom stereocenters. The maximum atomic E-state index is 13.0. The van der Waals surface area contributed by atoms with Crippen LogP contribution in [-0.2, 0) is 11.3 Å². The lowest BCUT2D eigenvalue weighted by atomic mass is 10.1. The number of anilines is 3. The van der Waals surface area contributed by atoms with Crippen molar-refractivity contribution in [2.24, 2.45) is 0 Å². The van der Waals surface area contributed by atoms with Crippen LogP contribution in [0, 0.1) is 0 Å². The summed E-state index contributed by atoms with van der Waals surface area (Å²) in [7, 11) is 0. The van der Waals surface area contributed by atoms with Crippen LogP contribution in [0.3, 0.4) is 0 Å². The molecular formula is C31H30N4O3. The van der Waals surface area contributed by atoms with Gasteiger partial charge in [0.15, 0.2) is 0 Å². The Labute approximate surface area is 222 Å². The third-order valence-electron chi connectivity index (χ3n) is 5.92. The van der Waals surface area contributed by atoms with Crippen LogP contribution in [-0.4, -0.2) is 30.8 Å². The van der Waals surface area contributed by atoms with E-state index < -0.39 is 0 Å². The van der Waals surface area contributed by atoms with Gasteiger partial charge in [0.25, 0.3) is 11.8 Å². The highest BCUT2D eigenvalue weighted by Gasteiger charge is 2.16. The summed E-state index contributed by atoms with van der Waals surface area (Å²) in [5, 5.41) is 8.76. The van der Waals surface area contributed by atoms with Crippen LogP contribution in [0.4, 0.5) is 17.1 Å². The molecule has 4 rings (SSSR count). The summed E-state index contributed by atoms with van der Waals surface area (Å²) in [4.78, 5) is 39.7. The molecule has 0 aliphatic carbocycles. The fourth-order valence-electron chi connectivity index (χ4n) is 3.94. The average Bonchev–Trinajstić information content (AvgIpc) is 2.96. The third-order valence-corrected chi connectivity index (χ3v) is 5.92. The number of carbonyl (C=O) groups is 3. The van der Waals surface area contributed by atoms with E-state index in [1.165, 1.54) is 0 Å². The first-order valence-corrected chi connectivity index (χ1v) is 12.5. The fraction of sp³-hybridized carbons (Fsp3) is 0.129. The number of para-hydroxylation sites is 1. The van der Waals surface area contributed by atoms with Crippen molar-refractivity contribution < 1.29 is 14.4 Å². The number of nitrogens with one attached hydrogen (secondary N) is 3. The Kier molecular flexibility index (Phi) is 8.86. The molecule has 0 aliphatic rings. The summed E-state index contributed by atoms with van der Waals surface area (Å²) in [5.41, 5.74) is 4.13. The molecule has 0 radical (unpaired) electrons. The van der Waals surface area contributed by atoms with Gasteiger partial charge >= 0.3 is 0 Å². The summed E-state index contributed by atoms with van der Waals surface area (Å²) >= 11 is 0. The van der Waals surface area contributed by atoms with Crippen LogP contribution in [0.15, 0.2) is 109 Å². The molecule has 0 saturated heterocycles. The van der Waals surface area contributed by atoms with Gasteiger partial charge in [0.2, 0.25) is 5.91 Å². The highest BCUT2D eigenvalue weighted by Crippen LogP contribution is 2.18. The van der Waals surface area contributed by atoms with Gasteiger partial charge in [-0.2, -0.15) is 0 Å². The summed E-state index contributed by atoms with van der Waals surface area (Å²) in [5.74, 6) is -0.560. The molecule has 3 N–H and O–H groups in total. The van der Waals surface area contributed by atoms with E-state index >= 15 is 0 Å². The molecule has 192 valence electrons. The second kappa shape index (κ2) is 12.9. The van der Waals surface area contributed by atoms with Crippen molar-refractivity contribution in [3.8, 4) is 0 Å². The maximum absolute atomic E-state index is 13.0. The minimum Gasteiger partial charge on any atom is -0.376 e. The minimum absolute atomic E-state index is 0.0306. The van der Waals surface area contributed by atoms with Crippen LogP contribution in [0.2, 0.25) is 0 Å². The van der Waals surface area contributed by atoms with Gasteiger partial charge in [-0.1, -0.05) is 54.6 Å². The number of nitrogens with zero attached hydrogens (tertiary/aromatic N) is 1. The van der Waals surface area contributed by atoms with Gasteiger partial charge in [-0.3, -0.25) is 14.4 Å². The molecule has 0 aromatic heterocycles. The van der Waals surface area contributed by atoms with E-state index in [1.54, 1.807) is 53.4 Å². The fourth-order valence-corrected chi connectivity index (χ4v) is 3.94. The van der Waals surface area contributed by atoms with E-state index in [0.29, 0.717) is 35.6 Å². The molecule has 0 aliphatic heterocycles. The van der Waals surface area contributed by atoms with Crippen molar-refractivity contribution >= 4 is 34.8 Å². The first kappa shape index (κ1) is 26.2. The summed E-state index contributed by atoms with van der Waals surface area (Å²) in [6, 6.07) is 33.0. The molecule has 7 heteroatoms. The van der Waals surface area contributed by atoms with Crippen LogP contribution in [0.1, 0.15) is 33.2 Å². The van der Waals surface area contributed by atoms with Gasteiger partial charge < -0.3 is 20.9 Å². The SMILES string of the molecule is CCN(C(=O)c1ccc(NCC(=O)Nc2cccc(C(=O)NCc3ccccc3)c2)cc1)c1ccccc1. The van der Waals surface area contributed by atoms with E-state index in [0.717, 1.165) is 11.3 Å². The predicted molar refractivity (Wildman–Crippen MR) is 151 cm³/mol. The molecule has 3 amide bonds. The Morgan fingerprint density at radius 2 is 1.39 bits per heavy atom. The van der Waals surface area contributed by atoms with E-state index in [-0.39, 0.29) is 24.3 Å². The zero-order valence-electron chi connectivity index (χ0n) is 21.2. The van der Waals surface area contributed by atoms with E-state index in [4.69, 9.17) is 0 Å². The number of hydrogen-bond donors (Lipinski definition) is 3. The van der Waals surface area contributed by atoms with Crippen molar-refractivity contribution in [3.05, 3.63) is 126 Å². The Hall–Kier alpha value is -4.91. The van der Waals surface area contributed by atoms with Gasteiger partial charge in [0.1, 0.15) is 0 Å². The lowest BCUT2D eigenvalue weighted by Crippen LogP contribution is -2.30. The first-order valence-electron chi connectivity index (χ1n) is 12.5. The Morgan fingerprint density at radius 3 is 2.08 bits per heavy atom. The van der Waals surface area contributed by atoms with Gasteiger partial charge in [-0.15, -0.1) is 0 Å². The van der Waals surface area contributed by atoms with Crippen LogP contribution < -0.4 is 20.9 Å². The Morgan fingerprint density at radius 1 is 0.711 bits per heavy atom. The molecular weight excluding hydrogens is 476 g/mol. The van der Waals surface area contributed by atoms with Crippen molar-refractivity contribution in [1.29, 1.82) is 0 Å². The maximum Gasteiger partial charge on any atom is 0.258 e. The van der Waals surface area contributed by atoms with Gasteiger partial charge in [-0.25, -0.2) is 0 Å². The van der Waals surface area contributed by atoms with E-state index in [2.05, 4.69) is 16.0 Å².